The van der Waals surface area contributed by atoms with Crippen LogP contribution in [0.15, 0.2) is 6.07 Å². The summed E-state index contributed by atoms with van der Waals surface area (Å²) >= 11 is 0. The van der Waals surface area contributed by atoms with Gasteiger partial charge in [-0.1, -0.05) is 0 Å². The lowest BCUT2D eigenvalue weighted by atomic mass is 10.1. The maximum atomic E-state index is 12.8. The molecule has 1 saturated carbocycles. The minimum Gasteiger partial charge on any atom is -0.480 e. The Hall–Kier alpha value is -2.48. The molecular weight excluding hydrogens is 348 g/mol. The van der Waals surface area contributed by atoms with Crippen molar-refractivity contribution < 1.29 is 19.4 Å². The number of hydrogen-bond acceptors (Lipinski definition) is 5. The minimum absolute atomic E-state index is 0.141. The summed E-state index contributed by atoms with van der Waals surface area (Å²) in [5.41, 5.74) is 2.74. The Labute approximate surface area is 157 Å². The van der Waals surface area contributed by atoms with Gasteiger partial charge in [0.1, 0.15) is 6.61 Å². The second-order valence-corrected chi connectivity index (χ2v) is 7.94. The number of carbonyl (C=O) groups excluding carboxylic acids is 1. The molecule has 0 bridgehead atoms. The molecule has 2 aromatic rings. The van der Waals surface area contributed by atoms with E-state index >= 15 is 0 Å². The van der Waals surface area contributed by atoms with Gasteiger partial charge >= 0.3 is 5.97 Å². The van der Waals surface area contributed by atoms with Crippen LogP contribution in [0.25, 0.3) is 11.0 Å². The van der Waals surface area contributed by atoms with Gasteiger partial charge in [-0.3, -0.25) is 4.79 Å². The van der Waals surface area contributed by atoms with Crippen molar-refractivity contribution in [3.63, 3.8) is 0 Å². The molecule has 0 unspecified atom stereocenters. The number of aryl methyl sites for hydroxylation is 1. The largest absolute Gasteiger partial charge is 0.480 e. The van der Waals surface area contributed by atoms with Crippen LogP contribution in [0.1, 0.15) is 61.3 Å². The number of pyridine rings is 1. The van der Waals surface area contributed by atoms with Crippen LogP contribution in [-0.2, 0) is 15.1 Å². The molecule has 2 heterocycles. The first-order valence-corrected chi connectivity index (χ1v) is 9.17. The van der Waals surface area contributed by atoms with E-state index in [9.17, 15) is 9.59 Å². The Morgan fingerprint density at radius 1 is 1.37 bits per heavy atom. The van der Waals surface area contributed by atoms with Crippen molar-refractivity contribution in [3.8, 4) is 0 Å². The number of carbonyl (C=O) groups is 2. The average Bonchev–Trinajstić information content (AvgIpc) is 3.36. The third kappa shape index (κ3) is 4.27. The van der Waals surface area contributed by atoms with Gasteiger partial charge in [-0.2, -0.15) is 5.10 Å². The predicted molar refractivity (Wildman–Crippen MR) is 100 cm³/mol. The van der Waals surface area contributed by atoms with Crippen molar-refractivity contribution in [1.82, 2.24) is 20.1 Å². The van der Waals surface area contributed by atoms with Gasteiger partial charge in [0.15, 0.2) is 5.65 Å². The molecule has 1 amide bonds. The summed E-state index contributed by atoms with van der Waals surface area (Å²) in [6.07, 6.45) is 2.18. The Kier molecular flexibility index (Phi) is 5.19. The number of hydrogen-bond donors (Lipinski definition) is 2. The number of ether oxygens (including phenoxy) is 1. The third-order valence-corrected chi connectivity index (χ3v) is 4.47. The fraction of sp³-hybridized carbons (Fsp3) is 0.579. The quantitative estimate of drug-likeness (QED) is 0.720. The van der Waals surface area contributed by atoms with E-state index in [2.05, 4.69) is 31.2 Å². The van der Waals surface area contributed by atoms with Crippen molar-refractivity contribution in [2.24, 2.45) is 0 Å². The zero-order valence-electron chi connectivity index (χ0n) is 16.2. The molecule has 0 saturated heterocycles. The summed E-state index contributed by atoms with van der Waals surface area (Å²) < 4.78 is 6.86. The van der Waals surface area contributed by atoms with Crippen LogP contribution in [0, 0.1) is 6.92 Å². The molecule has 0 aromatic carbocycles. The summed E-state index contributed by atoms with van der Waals surface area (Å²) in [7, 11) is 0. The SMILES string of the molecule is Cc1nn(C(C)(C)C)c2nc(C3CC3)cc(C(=O)NCCOCC(=O)O)c12. The summed E-state index contributed by atoms with van der Waals surface area (Å²) in [6.45, 7) is 8.06. The molecular formula is C19H26N4O4. The Morgan fingerprint density at radius 3 is 2.67 bits per heavy atom. The van der Waals surface area contributed by atoms with E-state index in [4.69, 9.17) is 14.8 Å². The first-order valence-electron chi connectivity index (χ1n) is 9.17. The second-order valence-electron chi connectivity index (χ2n) is 7.94. The first kappa shape index (κ1) is 19.3. The van der Waals surface area contributed by atoms with Gasteiger partial charge in [0.05, 0.1) is 28.8 Å². The minimum atomic E-state index is -1.03. The molecule has 1 aliphatic rings. The van der Waals surface area contributed by atoms with Crippen molar-refractivity contribution in [3.05, 3.63) is 23.0 Å². The maximum absolute atomic E-state index is 12.8. The normalized spacial score (nSPS) is 14.5. The number of fused-ring (bicyclic) bond motifs is 1. The summed E-state index contributed by atoms with van der Waals surface area (Å²) in [5, 5.41) is 16.8. The summed E-state index contributed by atoms with van der Waals surface area (Å²) in [5.74, 6) is -0.847. The number of aliphatic carboxylic acids is 1. The highest BCUT2D eigenvalue weighted by atomic mass is 16.5. The van der Waals surface area contributed by atoms with Crippen molar-refractivity contribution in [2.45, 2.75) is 52.0 Å². The van der Waals surface area contributed by atoms with Crippen molar-refractivity contribution in [2.75, 3.05) is 19.8 Å². The maximum Gasteiger partial charge on any atom is 0.329 e. The molecule has 3 rings (SSSR count). The van der Waals surface area contributed by atoms with Crippen LogP contribution in [0.2, 0.25) is 0 Å². The molecule has 0 aliphatic heterocycles. The lowest BCUT2D eigenvalue weighted by Gasteiger charge is -2.20. The Balaban J connectivity index is 1.90. The average molecular weight is 374 g/mol. The van der Waals surface area contributed by atoms with E-state index in [0.29, 0.717) is 11.5 Å². The van der Waals surface area contributed by atoms with Crippen LogP contribution in [0.4, 0.5) is 0 Å². The molecule has 27 heavy (non-hydrogen) atoms. The van der Waals surface area contributed by atoms with Gasteiger partial charge in [-0.15, -0.1) is 0 Å². The van der Waals surface area contributed by atoms with Gasteiger partial charge in [0.25, 0.3) is 5.91 Å². The summed E-state index contributed by atoms with van der Waals surface area (Å²) in [4.78, 5) is 28.1. The van der Waals surface area contributed by atoms with Crippen molar-refractivity contribution >= 4 is 22.9 Å². The topological polar surface area (TPSA) is 106 Å². The number of rotatable bonds is 7. The lowest BCUT2D eigenvalue weighted by molar-refractivity contribution is -0.142. The summed E-state index contributed by atoms with van der Waals surface area (Å²) in [6, 6.07) is 1.87. The van der Waals surface area contributed by atoms with Gasteiger partial charge < -0.3 is 15.2 Å². The highest BCUT2D eigenvalue weighted by Crippen LogP contribution is 2.40. The van der Waals surface area contributed by atoms with E-state index in [1.807, 2.05) is 17.7 Å². The molecule has 146 valence electrons. The second kappa shape index (κ2) is 7.26. The number of nitrogens with one attached hydrogen (secondary N) is 1. The van der Waals surface area contributed by atoms with Gasteiger partial charge in [0, 0.05) is 18.2 Å². The molecule has 2 N–H and O–H groups in total. The van der Waals surface area contributed by atoms with Crippen LogP contribution < -0.4 is 5.32 Å². The predicted octanol–water partition coefficient (Wildman–Crippen LogP) is 2.20. The molecule has 0 radical (unpaired) electrons. The highest BCUT2D eigenvalue weighted by Gasteiger charge is 2.30. The van der Waals surface area contributed by atoms with E-state index in [1.54, 1.807) is 0 Å². The van der Waals surface area contributed by atoms with Crippen LogP contribution in [0.3, 0.4) is 0 Å². The zero-order valence-corrected chi connectivity index (χ0v) is 16.2. The van der Waals surface area contributed by atoms with Gasteiger partial charge in [-0.25, -0.2) is 14.5 Å². The number of amides is 1. The van der Waals surface area contributed by atoms with Crippen LogP contribution in [-0.4, -0.2) is 51.5 Å². The van der Waals surface area contributed by atoms with E-state index in [1.165, 1.54) is 0 Å². The molecule has 1 aliphatic carbocycles. The molecule has 0 atom stereocenters. The standard InChI is InChI=1S/C19H26N4O4/c1-11-16-13(18(26)20-7-8-27-10-15(24)25)9-14(12-5-6-12)21-17(16)23(22-11)19(2,3)4/h9,12H,5-8,10H2,1-4H3,(H,20,26)(H,24,25). The first-order chi connectivity index (χ1) is 12.7. The van der Waals surface area contributed by atoms with Gasteiger partial charge in [-0.05, 0) is 46.6 Å². The number of carboxylic acid groups (broad SMARTS) is 1. The lowest BCUT2D eigenvalue weighted by Crippen LogP contribution is -2.28. The van der Waals surface area contributed by atoms with E-state index in [0.717, 1.165) is 35.3 Å². The zero-order chi connectivity index (χ0) is 19.8. The number of carboxylic acids is 1. The molecule has 2 aromatic heterocycles. The van der Waals surface area contributed by atoms with Crippen LogP contribution in [0.5, 0.6) is 0 Å². The molecule has 8 heteroatoms. The van der Waals surface area contributed by atoms with E-state index in [-0.39, 0.29) is 31.2 Å². The molecule has 1 fully saturated rings. The number of aromatic nitrogens is 3. The van der Waals surface area contributed by atoms with Crippen molar-refractivity contribution in [1.29, 1.82) is 0 Å². The third-order valence-electron chi connectivity index (χ3n) is 4.47. The number of nitrogens with zero attached hydrogens (tertiary/aromatic N) is 3. The highest BCUT2D eigenvalue weighted by molar-refractivity contribution is 6.06. The van der Waals surface area contributed by atoms with Crippen LogP contribution >= 0.6 is 0 Å². The molecule has 8 nitrogen and oxygen atoms in total. The Bertz CT molecular complexity index is 878. The van der Waals surface area contributed by atoms with E-state index < -0.39 is 5.97 Å². The fourth-order valence-corrected chi connectivity index (χ4v) is 3.03. The van der Waals surface area contributed by atoms with Gasteiger partial charge in [0.2, 0.25) is 0 Å². The Morgan fingerprint density at radius 2 is 2.07 bits per heavy atom. The monoisotopic (exact) mass is 374 g/mol. The molecule has 0 spiro atoms. The smallest absolute Gasteiger partial charge is 0.329 e. The fourth-order valence-electron chi connectivity index (χ4n) is 3.03.